The molecule has 0 saturated heterocycles. The first-order valence-corrected chi connectivity index (χ1v) is 9.23. The van der Waals surface area contributed by atoms with Crippen LogP contribution in [0.5, 0.6) is 0 Å². The number of benzene rings is 2. The van der Waals surface area contributed by atoms with Crippen molar-refractivity contribution in [3.8, 4) is 0 Å². The summed E-state index contributed by atoms with van der Waals surface area (Å²) in [5.41, 5.74) is 6.81. The molecule has 112 valence electrons. The Bertz CT molecular complexity index is 782. The molecule has 0 heterocycles. The Labute approximate surface area is 145 Å². The molecular formula is C13H11Br2ClN2O2S. The van der Waals surface area contributed by atoms with E-state index < -0.39 is 10.0 Å². The van der Waals surface area contributed by atoms with Gasteiger partial charge in [-0.05, 0) is 39.7 Å². The minimum atomic E-state index is -3.73. The summed E-state index contributed by atoms with van der Waals surface area (Å²) in [7, 11) is -3.73. The van der Waals surface area contributed by atoms with Gasteiger partial charge < -0.3 is 5.73 Å². The number of nitrogens with two attached hydrogens (primary N) is 1. The lowest BCUT2D eigenvalue weighted by Gasteiger charge is -2.11. The molecule has 0 aliphatic rings. The van der Waals surface area contributed by atoms with Crippen molar-refractivity contribution < 1.29 is 8.42 Å². The van der Waals surface area contributed by atoms with E-state index in [0.717, 1.165) is 10.0 Å². The molecular weight excluding hydrogens is 443 g/mol. The Balaban J connectivity index is 2.30. The highest BCUT2D eigenvalue weighted by Crippen LogP contribution is 2.31. The van der Waals surface area contributed by atoms with E-state index in [1.54, 1.807) is 0 Å². The summed E-state index contributed by atoms with van der Waals surface area (Å²) in [6.07, 6.45) is 0. The number of sulfonamides is 1. The second-order valence-corrected chi connectivity index (χ2v) is 8.04. The predicted octanol–water partition coefficient (Wildman–Crippen LogP) is 3.93. The smallest absolute Gasteiger partial charge is 0.242 e. The quantitative estimate of drug-likeness (QED) is 0.688. The molecule has 4 nitrogen and oxygen atoms in total. The maximum atomic E-state index is 12.4. The van der Waals surface area contributed by atoms with Gasteiger partial charge in [-0.2, -0.15) is 0 Å². The first-order chi connectivity index (χ1) is 9.81. The zero-order valence-corrected chi connectivity index (χ0v) is 15.4. The molecule has 0 unspecified atom stereocenters. The second-order valence-electron chi connectivity index (χ2n) is 4.22. The average molecular weight is 455 g/mol. The minimum Gasteiger partial charge on any atom is -0.398 e. The molecule has 0 aliphatic carbocycles. The molecule has 3 N–H and O–H groups in total. The van der Waals surface area contributed by atoms with Crippen LogP contribution in [0, 0.1) is 0 Å². The van der Waals surface area contributed by atoms with Crippen molar-refractivity contribution in [3.63, 3.8) is 0 Å². The maximum Gasteiger partial charge on any atom is 0.242 e. The largest absolute Gasteiger partial charge is 0.398 e. The first kappa shape index (κ1) is 16.8. The van der Waals surface area contributed by atoms with E-state index in [1.807, 2.05) is 24.3 Å². The normalized spacial score (nSPS) is 11.6. The van der Waals surface area contributed by atoms with E-state index >= 15 is 0 Å². The summed E-state index contributed by atoms with van der Waals surface area (Å²) in [6.45, 7) is 0.155. The van der Waals surface area contributed by atoms with Gasteiger partial charge >= 0.3 is 0 Å². The van der Waals surface area contributed by atoms with Gasteiger partial charge in [0.2, 0.25) is 10.0 Å². The summed E-state index contributed by atoms with van der Waals surface area (Å²) < 4.78 is 28.4. The Morgan fingerprint density at radius 1 is 1.19 bits per heavy atom. The van der Waals surface area contributed by atoms with Gasteiger partial charge in [-0.25, -0.2) is 13.1 Å². The molecule has 2 aromatic carbocycles. The molecule has 2 rings (SSSR count). The fourth-order valence-corrected chi connectivity index (χ4v) is 4.39. The summed E-state index contributed by atoms with van der Waals surface area (Å²) in [5, 5.41) is 0.261. The number of rotatable bonds is 4. The Morgan fingerprint density at radius 2 is 1.86 bits per heavy atom. The number of halogens is 3. The SMILES string of the molecule is Nc1cc(Cl)cc(S(=O)(=O)NCc2ccccc2Br)c1Br. The monoisotopic (exact) mass is 452 g/mol. The van der Waals surface area contributed by atoms with Gasteiger partial charge in [-0.15, -0.1) is 0 Å². The highest BCUT2D eigenvalue weighted by atomic mass is 79.9. The van der Waals surface area contributed by atoms with E-state index in [4.69, 9.17) is 17.3 Å². The van der Waals surface area contributed by atoms with E-state index in [0.29, 0.717) is 4.47 Å². The van der Waals surface area contributed by atoms with Gasteiger partial charge in [-0.3, -0.25) is 0 Å². The minimum absolute atomic E-state index is 0.0135. The molecule has 0 spiro atoms. The van der Waals surface area contributed by atoms with Crippen molar-refractivity contribution >= 4 is 59.2 Å². The van der Waals surface area contributed by atoms with Crippen LogP contribution < -0.4 is 10.5 Å². The lowest BCUT2D eigenvalue weighted by Crippen LogP contribution is -2.24. The van der Waals surface area contributed by atoms with Gasteiger partial charge in [0, 0.05) is 21.7 Å². The van der Waals surface area contributed by atoms with Crippen molar-refractivity contribution in [1.29, 1.82) is 0 Å². The van der Waals surface area contributed by atoms with Crippen LogP contribution in [0.25, 0.3) is 0 Å². The van der Waals surface area contributed by atoms with Crippen LogP contribution >= 0.6 is 43.5 Å². The van der Waals surface area contributed by atoms with Crippen molar-refractivity contribution in [2.75, 3.05) is 5.73 Å². The van der Waals surface area contributed by atoms with Crippen LogP contribution in [-0.2, 0) is 16.6 Å². The fourth-order valence-electron chi connectivity index (χ4n) is 1.67. The van der Waals surface area contributed by atoms with Crippen LogP contribution in [-0.4, -0.2) is 8.42 Å². The first-order valence-electron chi connectivity index (χ1n) is 5.79. The number of anilines is 1. The highest BCUT2D eigenvalue weighted by molar-refractivity contribution is 9.11. The molecule has 2 aromatic rings. The van der Waals surface area contributed by atoms with E-state index in [-0.39, 0.29) is 22.2 Å². The fraction of sp³-hybridized carbons (Fsp3) is 0.0769. The van der Waals surface area contributed by atoms with Gasteiger partial charge in [0.25, 0.3) is 0 Å². The molecule has 0 aliphatic heterocycles. The van der Waals surface area contributed by atoms with Gasteiger partial charge in [0.05, 0.1) is 9.37 Å². The third-order valence-corrected chi connectivity index (χ3v) is 6.30. The van der Waals surface area contributed by atoms with Gasteiger partial charge in [-0.1, -0.05) is 45.7 Å². The molecule has 0 radical (unpaired) electrons. The third-order valence-electron chi connectivity index (χ3n) is 2.73. The van der Waals surface area contributed by atoms with Crippen LogP contribution in [0.4, 0.5) is 5.69 Å². The number of nitrogen functional groups attached to an aromatic ring is 1. The topological polar surface area (TPSA) is 72.2 Å². The molecule has 0 bridgehead atoms. The average Bonchev–Trinajstić information content (AvgIpc) is 2.42. The zero-order chi connectivity index (χ0) is 15.6. The molecule has 0 aromatic heterocycles. The van der Waals surface area contributed by atoms with E-state index in [2.05, 4.69) is 36.6 Å². The van der Waals surface area contributed by atoms with Crippen LogP contribution in [0.15, 0.2) is 50.2 Å². The second kappa shape index (κ2) is 6.66. The highest BCUT2D eigenvalue weighted by Gasteiger charge is 2.20. The molecule has 0 saturated carbocycles. The molecule has 0 amide bonds. The molecule has 21 heavy (non-hydrogen) atoms. The van der Waals surface area contributed by atoms with Crippen molar-refractivity contribution in [3.05, 3.63) is 55.9 Å². The molecule has 8 heteroatoms. The molecule has 0 fully saturated rings. The van der Waals surface area contributed by atoms with Gasteiger partial charge in [0.15, 0.2) is 0 Å². The van der Waals surface area contributed by atoms with Crippen LogP contribution in [0.3, 0.4) is 0 Å². The summed E-state index contributed by atoms with van der Waals surface area (Å²) in [5.74, 6) is 0. The van der Waals surface area contributed by atoms with Crippen molar-refractivity contribution in [1.82, 2.24) is 4.72 Å². The van der Waals surface area contributed by atoms with Crippen molar-refractivity contribution in [2.24, 2.45) is 0 Å². The standard InChI is InChI=1S/C13H11Br2ClN2O2S/c14-10-4-2-1-3-8(10)7-18-21(19,20)12-6-9(16)5-11(17)13(12)15/h1-6,18H,7,17H2. The Morgan fingerprint density at radius 3 is 2.52 bits per heavy atom. The molecule has 0 atom stereocenters. The van der Waals surface area contributed by atoms with Crippen LogP contribution in [0.1, 0.15) is 5.56 Å². The van der Waals surface area contributed by atoms with Gasteiger partial charge in [0.1, 0.15) is 0 Å². The third kappa shape index (κ3) is 3.98. The van der Waals surface area contributed by atoms with Crippen LogP contribution in [0.2, 0.25) is 5.02 Å². The Hall–Kier alpha value is -0.600. The summed E-state index contributed by atoms with van der Waals surface area (Å²) in [6, 6.07) is 10.2. The lowest BCUT2D eigenvalue weighted by atomic mass is 10.2. The lowest BCUT2D eigenvalue weighted by molar-refractivity contribution is 0.581. The zero-order valence-electron chi connectivity index (χ0n) is 10.6. The number of hydrogen-bond donors (Lipinski definition) is 2. The Kier molecular flexibility index (Phi) is 5.32. The number of hydrogen-bond acceptors (Lipinski definition) is 3. The maximum absolute atomic E-state index is 12.4. The summed E-state index contributed by atoms with van der Waals surface area (Å²) >= 11 is 12.4. The van der Waals surface area contributed by atoms with E-state index in [9.17, 15) is 8.42 Å². The number of nitrogens with one attached hydrogen (secondary N) is 1. The summed E-state index contributed by atoms with van der Waals surface area (Å²) in [4.78, 5) is 0.0135. The van der Waals surface area contributed by atoms with E-state index in [1.165, 1.54) is 12.1 Å². The van der Waals surface area contributed by atoms with Crippen molar-refractivity contribution in [2.45, 2.75) is 11.4 Å². The predicted molar refractivity (Wildman–Crippen MR) is 91.7 cm³/mol.